The van der Waals surface area contributed by atoms with Gasteiger partial charge < -0.3 is 9.73 Å². The van der Waals surface area contributed by atoms with E-state index in [0.29, 0.717) is 4.88 Å². The molecule has 0 fully saturated rings. The van der Waals surface area contributed by atoms with E-state index in [2.05, 4.69) is 5.32 Å². The zero-order valence-electron chi connectivity index (χ0n) is 13.5. The molecular weight excluding hydrogens is 403 g/mol. The van der Waals surface area contributed by atoms with E-state index in [0.717, 1.165) is 18.2 Å². The van der Waals surface area contributed by atoms with Gasteiger partial charge in [0.15, 0.2) is 11.5 Å². The number of furan rings is 1. The van der Waals surface area contributed by atoms with Gasteiger partial charge in [0.05, 0.1) is 22.0 Å². The Morgan fingerprint density at radius 2 is 1.93 bits per heavy atom. The predicted octanol–water partition coefficient (Wildman–Crippen LogP) is 5.29. The summed E-state index contributed by atoms with van der Waals surface area (Å²) in [5.74, 6) is -1.04. The lowest BCUT2D eigenvalue weighted by Crippen LogP contribution is -2.28. The molecule has 0 unspecified atom stereocenters. The van der Waals surface area contributed by atoms with E-state index in [1.165, 1.54) is 23.5 Å². The summed E-state index contributed by atoms with van der Waals surface area (Å²) in [7, 11) is 0. The number of hydrogen-bond acceptors (Lipinski definition) is 4. The minimum Gasteiger partial charge on any atom is -0.451 e. The Balaban J connectivity index is 1.75. The van der Waals surface area contributed by atoms with Crippen LogP contribution >= 0.6 is 22.9 Å². The van der Waals surface area contributed by atoms with E-state index in [-0.39, 0.29) is 34.4 Å². The van der Waals surface area contributed by atoms with Gasteiger partial charge in [-0.15, -0.1) is 11.3 Å². The van der Waals surface area contributed by atoms with E-state index in [1.54, 1.807) is 17.5 Å². The zero-order chi connectivity index (χ0) is 19.6. The normalized spacial score (nSPS) is 11.4. The first-order valence-electron chi connectivity index (χ1n) is 7.57. The first-order valence-corrected chi connectivity index (χ1v) is 8.83. The van der Waals surface area contributed by atoms with E-state index in [1.807, 2.05) is 0 Å². The Bertz CT molecular complexity index is 980. The van der Waals surface area contributed by atoms with Gasteiger partial charge in [-0.25, -0.2) is 0 Å². The molecule has 1 amide bonds. The molecule has 140 valence electrons. The fourth-order valence-corrected chi connectivity index (χ4v) is 3.14. The number of carbonyl (C=O) groups excluding carboxylic acids is 2. The Morgan fingerprint density at radius 1 is 1.15 bits per heavy atom. The molecule has 0 aliphatic heterocycles. The lowest BCUT2D eigenvalue weighted by molar-refractivity contribution is -0.137. The van der Waals surface area contributed by atoms with Crippen molar-refractivity contribution in [3.8, 4) is 11.3 Å². The van der Waals surface area contributed by atoms with Gasteiger partial charge in [-0.2, -0.15) is 13.2 Å². The van der Waals surface area contributed by atoms with Crippen molar-refractivity contribution in [2.45, 2.75) is 6.18 Å². The summed E-state index contributed by atoms with van der Waals surface area (Å²) in [4.78, 5) is 24.5. The molecule has 0 aliphatic rings. The molecule has 0 radical (unpaired) electrons. The molecule has 0 atom stereocenters. The minimum absolute atomic E-state index is 0.0141. The van der Waals surface area contributed by atoms with E-state index in [4.69, 9.17) is 16.0 Å². The van der Waals surface area contributed by atoms with Gasteiger partial charge in [-0.1, -0.05) is 17.7 Å². The second-order valence-electron chi connectivity index (χ2n) is 5.44. The molecule has 2 aromatic heterocycles. The third kappa shape index (κ3) is 4.40. The number of rotatable bonds is 5. The number of thiophene rings is 1. The number of alkyl halides is 3. The maximum absolute atomic E-state index is 12.9. The van der Waals surface area contributed by atoms with Gasteiger partial charge in [0.25, 0.3) is 5.91 Å². The molecule has 27 heavy (non-hydrogen) atoms. The molecule has 1 aromatic carbocycles. The number of ketones is 1. The number of Topliss-reactive ketones (excluding diaryl/α,β-unsaturated/α-hetero) is 1. The minimum atomic E-state index is -4.53. The topological polar surface area (TPSA) is 59.3 Å². The predicted molar refractivity (Wildman–Crippen MR) is 95.1 cm³/mol. The summed E-state index contributed by atoms with van der Waals surface area (Å²) in [6.07, 6.45) is -4.53. The molecular formula is C18H11ClF3NO3S. The molecule has 1 N–H and O–H groups in total. The Hall–Kier alpha value is -2.58. The van der Waals surface area contributed by atoms with Gasteiger partial charge in [0.1, 0.15) is 5.76 Å². The average Bonchev–Trinajstić information content (AvgIpc) is 3.30. The average molecular weight is 414 g/mol. The summed E-state index contributed by atoms with van der Waals surface area (Å²) in [5, 5.41) is 4.21. The second-order valence-corrected chi connectivity index (χ2v) is 6.79. The van der Waals surface area contributed by atoms with Gasteiger partial charge >= 0.3 is 6.18 Å². The van der Waals surface area contributed by atoms with Crippen molar-refractivity contribution < 1.29 is 27.2 Å². The van der Waals surface area contributed by atoms with Crippen LogP contribution in [0.15, 0.2) is 52.3 Å². The molecule has 0 saturated heterocycles. The molecule has 3 aromatic rings. The standard InChI is InChI=1S/C18H11ClF3NO3S/c19-12-4-3-10(18(20,21)22)8-11(12)14-5-6-15(26-14)17(25)23-9-13(24)16-2-1-7-27-16/h1-8H,9H2,(H,23,25). The van der Waals surface area contributed by atoms with E-state index in [9.17, 15) is 22.8 Å². The van der Waals surface area contributed by atoms with Crippen LogP contribution in [0.5, 0.6) is 0 Å². The van der Waals surface area contributed by atoms with Crippen molar-refractivity contribution in [1.29, 1.82) is 0 Å². The Labute approximate surface area is 160 Å². The smallest absolute Gasteiger partial charge is 0.416 e. The van der Waals surface area contributed by atoms with Gasteiger partial charge in [-0.3, -0.25) is 9.59 Å². The van der Waals surface area contributed by atoms with Gasteiger partial charge in [-0.05, 0) is 41.8 Å². The summed E-state index contributed by atoms with van der Waals surface area (Å²) < 4.78 is 43.9. The Kier molecular flexibility index (Phi) is 5.38. The maximum Gasteiger partial charge on any atom is 0.416 e. The fraction of sp³-hybridized carbons (Fsp3) is 0.111. The third-order valence-electron chi connectivity index (χ3n) is 3.59. The van der Waals surface area contributed by atoms with Crippen LogP contribution in [0, 0.1) is 0 Å². The Morgan fingerprint density at radius 3 is 2.59 bits per heavy atom. The zero-order valence-corrected chi connectivity index (χ0v) is 15.0. The largest absolute Gasteiger partial charge is 0.451 e. The van der Waals surface area contributed by atoms with Gasteiger partial charge in [0, 0.05) is 5.56 Å². The number of nitrogens with one attached hydrogen (secondary N) is 1. The summed E-state index contributed by atoms with van der Waals surface area (Å²) in [6.45, 7) is -0.223. The monoisotopic (exact) mass is 413 g/mol. The lowest BCUT2D eigenvalue weighted by Gasteiger charge is -2.09. The highest BCUT2D eigenvalue weighted by molar-refractivity contribution is 7.12. The summed E-state index contributed by atoms with van der Waals surface area (Å²) in [6, 6.07) is 8.83. The molecule has 0 aliphatic carbocycles. The number of hydrogen-bond donors (Lipinski definition) is 1. The van der Waals surface area contributed by atoms with Crippen LogP contribution in [-0.2, 0) is 6.18 Å². The summed E-state index contributed by atoms with van der Waals surface area (Å²) >= 11 is 7.21. The number of amides is 1. The van der Waals surface area contributed by atoms with Crippen molar-refractivity contribution in [3.63, 3.8) is 0 Å². The lowest BCUT2D eigenvalue weighted by atomic mass is 10.1. The highest BCUT2D eigenvalue weighted by atomic mass is 35.5. The van der Waals surface area contributed by atoms with E-state index >= 15 is 0 Å². The van der Waals surface area contributed by atoms with Crippen molar-refractivity contribution in [2.75, 3.05) is 6.54 Å². The van der Waals surface area contributed by atoms with Crippen LogP contribution in [-0.4, -0.2) is 18.2 Å². The third-order valence-corrected chi connectivity index (χ3v) is 4.83. The summed E-state index contributed by atoms with van der Waals surface area (Å²) in [5.41, 5.74) is -0.869. The maximum atomic E-state index is 12.9. The van der Waals surface area contributed by atoms with Crippen molar-refractivity contribution >= 4 is 34.6 Å². The van der Waals surface area contributed by atoms with Crippen LogP contribution in [0.4, 0.5) is 13.2 Å². The van der Waals surface area contributed by atoms with Crippen molar-refractivity contribution in [2.24, 2.45) is 0 Å². The van der Waals surface area contributed by atoms with Crippen LogP contribution in [0.25, 0.3) is 11.3 Å². The van der Waals surface area contributed by atoms with Crippen LogP contribution in [0.3, 0.4) is 0 Å². The van der Waals surface area contributed by atoms with Crippen LogP contribution in [0.2, 0.25) is 5.02 Å². The quantitative estimate of drug-likeness (QED) is 0.578. The molecule has 0 bridgehead atoms. The fourth-order valence-electron chi connectivity index (χ4n) is 2.27. The molecule has 3 rings (SSSR count). The molecule has 2 heterocycles. The van der Waals surface area contributed by atoms with Crippen LogP contribution in [0.1, 0.15) is 25.8 Å². The SMILES string of the molecule is O=C(NCC(=O)c1cccs1)c1ccc(-c2cc(C(F)(F)F)ccc2Cl)o1. The van der Waals surface area contributed by atoms with E-state index < -0.39 is 17.6 Å². The molecule has 9 heteroatoms. The number of halogens is 4. The second kappa shape index (κ2) is 7.58. The van der Waals surface area contributed by atoms with Crippen molar-refractivity contribution in [3.05, 3.63) is 69.1 Å². The van der Waals surface area contributed by atoms with Crippen LogP contribution < -0.4 is 5.32 Å². The highest BCUT2D eigenvalue weighted by Gasteiger charge is 2.31. The molecule has 0 spiro atoms. The number of benzene rings is 1. The number of carbonyl (C=O) groups is 2. The highest BCUT2D eigenvalue weighted by Crippen LogP contribution is 2.36. The molecule has 0 saturated carbocycles. The molecule has 4 nitrogen and oxygen atoms in total. The first kappa shape index (κ1) is 19.2. The van der Waals surface area contributed by atoms with Gasteiger partial charge in [0.2, 0.25) is 0 Å². The first-order chi connectivity index (χ1) is 12.8. The van der Waals surface area contributed by atoms with Crippen molar-refractivity contribution in [1.82, 2.24) is 5.32 Å².